The maximum atomic E-state index is 12.6. The molecule has 30 heavy (non-hydrogen) atoms. The summed E-state index contributed by atoms with van der Waals surface area (Å²) in [5.74, 6) is 0.966. The molecule has 0 aromatic heterocycles. The van der Waals surface area contributed by atoms with Gasteiger partial charge in [-0.1, -0.05) is 24.3 Å². The van der Waals surface area contributed by atoms with Gasteiger partial charge in [0.25, 0.3) is 0 Å². The second-order valence-electron chi connectivity index (χ2n) is 9.24. The third-order valence-electron chi connectivity index (χ3n) is 6.73. The van der Waals surface area contributed by atoms with Crippen molar-refractivity contribution in [1.29, 1.82) is 0 Å². The highest BCUT2D eigenvalue weighted by atomic mass is 32.2. The van der Waals surface area contributed by atoms with E-state index in [0.29, 0.717) is 25.2 Å². The molecule has 6 nitrogen and oxygen atoms in total. The van der Waals surface area contributed by atoms with Crippen molar-refractivity contribution >= 4 is 15.7 Å². The van der Waals surface area contributed by atoms with Crippen LogP contribution in [0.2, 0.25) is 0 Å². The van der Waals surface area contributed by atoms with Crippen molar-refractivity contribution in [3.8, 4) is 0 Å². The van der Waals surface area contributed by atoms with Crippen molar-refractivity contribution in [2.75, 3.05) is 19.9 Å². The van der Waals surface area contributed by atoms with Gasteiger partial charge in [0.2, 0.25) is 5.91 Å². The highest BCUT2D eigenvalue weighted by Crippen LogP contribution is 2.32. The van der Waals surface area contributed by atoms with Gasteiger partial charge in [0.05, 0.1) is 18.4 Å². The normalized spacial score (nSPS) is 23.6. The van der Waals surface area contributed by atoms with Gasteiger partial charge in [-0.2, -0.15) is 0 Å². The van der Waals surface area contributed by atoms with Gasteiger partial charge in [-0.25, -0.2) is 8.42 Å². The van der Waals surface area contributed by atoms with Crippen LogP contribution in [-0.2, 0) is 31.7 Å². The van der Waals surface area contributed by atoms with Crippen molar-refractivity contribution in [3.63, 3.8) is 0 Å². The second kappa shape index (κ2) is 10.2. The molecule has 0 saturated heterocycles. The number of nitrogens with two attached hydrogens (primary N) is 1. The summed E-state index contributed by atoms with van der Waals surface area (Å²) in [6, 6.07) is 7.59. The summed E-state index contributed by atoms with van der Waals surface area (Å²) < 4.78 is 28.6. The lowest BCUT2D eigenvalue weighted by atomic mass is 9.78. The molecule has 0 bridgehead atoms. The molecule has 0 radical (unpaired) electrons. The molecular formula is C23H36N2O4S. The zero-order valence-corrected chi connectivity index (χ0v) is 19.1. The topological polar surface area (TPSA) is 89.7 Å². The summed E-state index contributed by atoms with van der Waals surface area (Å²) in [5, 5.41) is 0. The van der Waals surface area contributed by atoms with Crippen LogP contribution in [0.15, 0.2) is 24.3 Å². The van der Waals surface area contributed by atoms with E-state index in [9.17, 15) is 13.2 Å². The van der Waals surface area contributed by atoms with Crippen molar-refractivity contribution in [1.82, 2.24) is 4.90 Å². The van der Waals surface area contributed by atoms with E-state index in [1.165, 1.54) is 12.7 Å². The molecule has 2 saturated carbocycles. The Morgan fingerprint density at radius 2 is 1.70 bits per heavy atom. The van der Waals surface area contributed by atoms with Crippen molar-refractivity contribution < 1.29 is 17.9 Å². The second-order valence-corrected chi connectivity index (χ2v) is 11.4. The number of nitrogens with zero attached hydrogens (tertiary/aromatic N) is 1. The molecule has 2 N–H and O–H groups in total. The van der Waals surface area contributed by atoms with Crippen LogP contribution in [0, 0.1) is 11.8 Å². The molecule has 7 heteroatoms. The highest BCUT2D eigenvalue weighted by Gasteiger charge is 2.34. The Morgan fingerprint density at radius 1 is 1.10 bits per heavy atom. The molecule has 3 rings (SSSR count). The number of ether oxygens (including phenoxy) is 1. The Hall–Kier alpha value is -1.44. The molecule has 0 unspecified atom stereocenters. The van der Waals surface area contributed by atoms with Gasteiger partial charge in [0.1, 0.15) is 0 Å². The third-order valence-corrected chi connectivity index (χ3v) is 7.59. The Morgan fingerprint density at radius 3 is 2.23 bits per heavy atom. The number of hydrogen-bond donors (Lipinski definition) is 1. The van der Waals surface area contributed by atoms with E-state index in [1.54, 1.807) is 0 Å². The van der Waals surface area contributed by atoms with E-state index in [4.69, 9.17) is 10.5 Å². The smallest absolute Gasteiger partial charge is 0.239 e. The quantitative estimate of drug-likeness (QED) is 0.643. The van der Waals surface area contributed by atoms with E-state index in [2.05, 4.69) is 0 Å². The number of carbonyl (C=O) groups is 1. The number of carbonyl (C=O) groups excluding carboxylic acids is 1. The molecule has 1 aromatic carbocycles. The van der Waals surface area contributed by atoms with E-state index >= 15 is 0 Å². The zero-order valence-electron chi connectivity index (χ0n) is 18.3. The maximum Gasteiger partial charge on any atom is 0.239 e. The van der Waals surface area contributed by atoms with Crippen LogP contribution in [0.3, 0.4) is 0 Å². The van der Waals surface area contributed by atoms with Crippen molar-refractivity contribution in [2.45, 2.75) is 69.4 Å². The standard InChI is InChI=1S/C23H36N2O4S/c1-25(21-4-3-5-21)23(26)22(24)20-12-10-18(11-13-20)15-29-14-17-6-8-19(9-7-17)16-30(2,27)28/h6-9,18,20-22H,3-5,10-16,24H2,1-2H3/t18?,20?,22-/m0/s1. The van der Waals surface area contributed by atoms with Crippen LogP contribution in [-0.4, -0.2) is 51.2 Å². The lowest BCUT2D eigenvalue weighted by molar-refractivity contribution is -0.136. The highest BCUT2D eigenvalue weighted by molar-refractivity contribution is 7.89. The first-order chi connectivity index (χ1) is 14.2. The molecule has 1 atom stereocenters. The SMILES string of the molecule is CN(C(=O)[C@@H](N)C1CCC(COCc2ccc(CS(C)(=O)=O)cc2)CC1)C1CCC1. The van der Waals surface area contributed by atoms with Crippen LogP contribution >= 0.6 is 0 Å². The summed E-state index contributed by atoms with van der Waals surface area (Å²) >= 11 is 0. The minimum Gasteiger partial charge on any atom is -0.376 e. The summed E-state index contributed by atoms with van der Waals surface area (Å²) in [6.07, 6.45) is 8.75. The van der Waals surface area contributed by atoms with Gasteiger partial charge in [0, 0.05) is 26.0 Å². The van der Waals surface area contributed by atoms with Gasteiger partial charge in [-0.3, -0.25) is 4.79 Å². The maximum absolute atomic E-state index is 12.6. The summed E-state index contributed by atoms with van der Waals surface area (Å²) in [6.45, 7) is 1.24. The molecular weight excluding hydrogens is 400 g/mol. The van der Waals surface area contributed by atoms with Gasteiger partial charge in [-0.05, 0) is 67.9 Å². The molecule has 1 amide bonds. The fourth-order valence-corrected chi connectivity index (χ4v) is 5.28. The molecule has 0 aliphatic heterocycles. The lowest BCUT2D eigenvalue weighted by Gasteiger charge is -2.38. The Labute approximate surface area is 181 Å². The Balaban J connectivity index is 1.36. The molecule has 0 heterocycles. The van der Waals surface area contributed by atoms with Crippen LogP contribution in [0.4, 0.5) is 0 Å². The fraction of sp³-hybridized carbons (Fsp3) is 0.696. The number of amides is 1. The number of rotatable bonds is 9. The van der Waals surface area contributed by atoms with E-state index in [0.717, 1.165) is 49.7 Å². The number of sulfone groups is 1. The average Bonchev–Trinajstić information content (AvgIpc) is 2.66. The van der Waals surface area contributed by atoms with Gasteiger partial charge < -0.3 is 15.4 Å². The number of hydrogen-bond acceptors (Lipinski definition) is 5. The average molecular weight is 437 g/mol. The van der Waals surface area contributed by atoms with Gasteiger partial charge >= 0.3 is 0 Å². The minimum absolute atomic E-state index is 0.0679. The Kier molecular flexibility index (Phi) is 7.93. The van der Waals surface area contributed by atoms with Crippen LogP contribution in [0.5, 0.6) is 0 Å². The molecule has 1 aromatic rings. The summed E-state index contributed by atoms with van der Waals surface area (Å²) in [4.78, 5) is 14.5. The van der Waals surface area contributed by atoms with Crippen LogP contribution < -0.4 is 5.73 Å². The molecule has 168 valence electrons. The van der Waals surface area contributed by atoms with E-state index in [1.807, 2.05) is 36.2 Å². The first-order valence-electron chi connectivity index (χ1n) is 11.1. The first kappa shape index (κ1) is 23.2. The van der Waals surface area contributed by atoms with E-state index < -0.39 is 9.84 Å². The number of benzene rings is 1. The Bertz CT molecular complexity index is 797. The van der Waals surface area contributed by atoms with Crippen LogP contribution in [0.1, 0.15) is 56.1 Å². The van der Waals surface area contributed by atoms with Crippen LogP contribution in [0.25, 0.3) is 0 Å². The number of likely N-dealkylation sites (N-methyl/N-ethyl adjacent to an activating group) is 1. The molecule has 0 spiro atoms. The largest absolute Gasteiger partial charge is 0.376 e. The van der Waals surface area contributed by atoms with E-state index in [-0.39, 0.29) is 23.6 Å². The monoisotopic (exact) mass is 436 g/mol. The summed E-state index contributed by atoms with van der Waals surface area (Å²) in [5.41, 5.74) is 8.17. The van der Waals surface area contributed by atoms with Crippen molar-refractivity contribution in [3.05, 3.63) is 35.4 Å². The first-order valence-corrected chi connectivity index (χ1v) is 13.1. The van der Waals surface area contributed by atoms with Gasteiger partial charge in [0.15, 0.2) is 9.84 Å². The van der Waals surface area contributed by atoms with Gasteiger partial charge in [-0.15, -0.1) is 0 Å². The zero-order chi connectivity index (χ0) is 21.7. The third kappa shape index (κ3) is 6.53. The summed E-state index contributed by atoms with van der Waals surface area (Å²) in [7, 11) is -1.11. The molecule has 2 fully saturated rings. The minimum atomic E-state index is -3.01. The predicted molar refractivity (Wildman–Crippen MR) is 118 cm³/mol. The lowest BCUT2D eigenvalue weighted by Crippen LogP contribution is -2.52. The fourth-order valence-electron chi connectivity index (χ4n) is 4.48. The van der Waals surface area contributed by atoms with Crippen molar-refractivity contribution in [2.24, 2.45) is 17.6 Å². The molecule has 2 aliphatic rings. The predicted octanol–water partition coefficient (Wildman–Crippen LogP) is 2.89. The molecule has 2 aliphatic carbocycles.